The van der Waals surface area contributed by atoms with E-state index < -0.39 is 18.0 Å². The molecule has 1 aliphatic carbocycles. The number of carbonyl (C=O) groups is 2. The van der Waals surface area contributed by atoms with Crippen molar-refractivity contribution in [3.8, 4) is 0 Å². The molecule has 7 nitrogen and oxygen atoms in total. The Morgan fingerprint density at radius 2 is 2.04 bits per heavy atom. The number of benzene rings is 1. The molecule has 2 aliphatic rings. The SMILES string of the molecule is O=C(C[C@H]1CC[C@H](NC(=O)Nc2cccc(F)c2)[C@@H](CO)O1)NCC1CC1. The van der Waals surface area contributed by atoms with Crippen LogP contribution in [-0.4, -0.2) is 48.4 Å². The first-order chi connectivity index (χ1) is 13.0. The maximum atomic E-state index is 13.2. The predicted octanol–water partition coefficient (Wildman–Crippen LogP) is 1.77. The third kappa shape index (κ3) is 6.18. The zero-order valence-corrected chi connectivity index (χ0v) is 15.1. The minimum atomic E-state index is -0.585. The second-order valence-corrected chi connectivity index (χ2v) is 7.22. The number of carbonyl (C=O) groups excluding carboxylic acids is 2. The fourth-order valence-electron chi connectivity index (χ4n) is 3.21. The van der Waals surface area contributed by atoms with E-state index in [-0.39, 0.29) is 31.1 Å². The highest BCUT2D eigenvalue weighted by Crippen LogP contribution is 2.28. The lowest BCUT2D eigenvalue weighted by Crippen LogP contribution is -2.52. The van der Waals surface area contributed by atoms with Gasteiger partial charge in [0.05, 0.1) is 25.2 Å². The van der Waals surface area contributed by atoms with Crippen molar-refractivity contribution in [1.82, 2.24) is 10.6 Å². The Morgan fingerprint density at radius 1 is 1.22 bits per heavy atom. The summed E-state index contributed by atoms with van der Waals surface area (Å²) >= 11 is 0. The summed E-state index contributed by atoms with van der Waals surface area (Å²) in [4.78, 5) is 24.1. The summed E-state index contributed by atoms with van der Waals surface area (Å²) in [7, 11) is 0. The van der Waals surface area contributed by atoms with E-state index in [0.29, 0.717) is 24.4 Å². The summed E-state index contributed by atoms with van der Waals surface area (Å²) in [5.41, 5.74) is 0.343. The molecular formula is C19H26FN3O4. The molecule has 3 amide bonds. The fourth-order valence-corrected chi connectivity index (χ4v) is 3.21. The maximum Gasteiger partial charge on any atom is 0.319 e. The molecule has 0 radical (unpaired) electrons. The van der Waals surface area contributed by atoms with Gasteiger partial charge >= 0.3 is 6.03 Å². The number of hydrogen-bond acceptors (Lipinski definition) is 4. The summed E-state index contributed by atoms with van der Waals surface area (Å²) in [6, 6.07) is 4.73. The van der Waals surface area contributed by atoms with Gasteiger partial charge in [0.1, 0.15) is 11.9 Å². The van der Waals surface area contributed by atoms with Crippen molar-refractivity contribution in [2.75, 3.05) is 18.5 Å². The lowest BCUT2D eigenvalue weighted by molar-refractivity contribution is -0.130. The van der Waals surface area contributed by atoms with E-state index in [1.807, 2.05) is 0 Å². The van der Waals surface area contributed by atoms with Crippen LogP contribution in [0.5, 0.6) is 0 Å². The summed E-state index contributed by atoms with van der Waals surface area (Å²) in [6.07, 6.45) is 2.95. The van der Waals surface area contributed by atoms with Gasteiger partial charge in [-0.1, -0.05) is 6.07 Å². The minimum absolute atomic E-state index is 0.0427. The van der Waals surface area contributed by atoms with Crippen molar-refractivity contribution < 1.29 is 23.8 Å². The Balaban J connectivity index is 1.44. The van der Waals surface area contributed by atoms with Crippen molar-refractivity contribution in [2.24, 2.45) is 5.92 Å². The van der Waals surface area contributed by atoms with Crippen LogP contribution in [0.15, 0.2) is 24.3 Å². The van der Waals surface area contributed by atoms with Gasteiger partial charge in [-0.2, -0.15) is 0 Å². The van der Waals surface area contributed by atoms with E-state index in [9.17, 15) is 19.1 Å². The standard InChI is InChI=1S/C19H26FN3O4/c20-13-2-1-3-14(8-13)22-19(26)23-16-7-6-15(27-17(16)11-24)9-18(25)21-10-12-4-5-12/h1-3,8,12,15-17,24H,4-7,9-11H2,(H,21,25)(H2,22,23,26)/t15-,16+,17-/m1/s1. The first-order valence-corrected chi connectivity index (χ1v) is 9.39. The number of hydrogen-bond donors (Lipinski definition) is 4. The van der Waals surface area contributed by atoms with Gasteiger partial charge in [-0.3, -0.25) is 4.79 Å². The molecule has 0 bridgehead atoms. The average Bonchev–Trinajstić information content (AvgIpc) is 3.45. The maximum absolute atomic E-state index is 13.2. The topological polar surface area (TPSA) is 99.7 Å². The number of nitrogens with one attached hydrogen (secondary N) is 3. The second-order valence-electron chi connectivity index (χ2n) is 7.22. The summed E-state index contributed by atoms with van der Waals surface area (Å²) < 4.78 is 19.0. The van der Waals surface area contributed by atoms with Crippen LogP contribution < -0.4 is 16.0 Å². The molecule has 27 heavy (non-hydrogen) atoms. The van der Waals surface area contributed by atoms with Gasteiger partial charge in [-0.05, 0) is 49.8 Å². The largest absolute Gasteiger partial charge is 0.394 e. The Morgan fingerprint density at radius 3 is 2.74 bits per heavy atom. The Bertz CT molecular complexity index is 668. The number of aliphatic hydroxyl groups is 1. The van der Waals surface area contributed by atoms with Crippen molar-refractivity contribution in [3.63, 3.8) is 0 Å². The van der Waals surface area contributed by atoms with Gasteiger partial charge < -0.3 is 25.8 Å². The van der Waals surface area contributed by atoms with Gasteiger partial charge in [-0.25, -0.2) is 9.18 Å². The van der Waals surface area contributed by atoms with E-state index in [2.05, 4.69) is 16.0 Å². The smallest absolute Gasteiger partial charge is 0.319 e. The molecule has 3 rings (SSSR count). The van der Waals surface area contributed by atoms with E-state index in [4.69, 9.17) is 4.74 Å². The van der Waals surface area contributed by atoms with E-state index >= 15 is 0 Å². The summed E-state index contributed by atoms with van der Waals surface area (Å²) in [6.45, 7) is 0.463. The van der Waals surface area contributed by atoms with Crippen molar-refractivity contribution >= 4 is 17.6 Å². The third-order valence-electron chi connectivity index (χ3n) is 4.89. The molecule has 0 spiro atoms. The van der Waals surface area contributed by atoms with Crippen LogP contribution in [0.25, 0.3) is 0 Å². The second kappa shape index (κ2) is 9.14. The van der Waals surface area contributed by atoms with E-state index in [0.717, 1.165) is 6.54 Å². The molecule has 1 heterocycles. The zero-order chi connectivity index (χ0) is 19.2. The number of aliphatic hydroxyl groups excluding tert-OH is 1. The molecule has 4 N–H and O–H groups in total. The molecule has 148 valence electrons. The molecule has 3 atom stereocenters. The minimum Gasteiger partial charge on any atom is -0.394 e. The molecule has 1 saturated heterocycles. The van der Waals surface area contributed by atoms with Crippen LogP contribution in [0.4, 0.5) is 14.9 Å². The fraction of sp³-hybridized carbons (Fsp3) is 0.579. The van der Waals surface area contributed by atoms with Crippen LogP contribution in [0.3, 0.4) is 0 Å². The Kier molecular flexibility index (Phi) is 6.63. The lowest BCUT2D eigenvalue weighted by Gasteiger charge is -2.35. The van der Waals surface area contributed by atoms with Crippen LogP contribution in [0.1, 0.15) is 32.1 Å². The summed E-state index contributed by atoms with van der Waals surface area (Å²) in [5.74, 6) is 0.139. The monoisotopic (exact) mass is 379 g/mol. The molecule has 0 unspecified atom stereocenters. The van der Waals surface area contributed by atoms with Crippen LogP contribution in [-0.2, 0) is 9.53 Å². The van der Waals surface area contributed by atoms with Gasteiger partial charge in [0.25, 0.3) is 0 Å². The number of anilines is 1. The van der Waals surface area contributed by atoms with Crippen molar-refractivity contribution in [2.45, 2.75) is 50.4 Å². The molecule has 1 saturated carbocycles. The van der Waals surface area contributed by atoms with Gasteiger partial charge in [-0.15, -0.1) is 0 Å². The third-order valence-corrected chi connectivity index (χ3v) is 4.89. The Labute approximate surface area is 157 Å². The molecular weight excluding hydrogens is 353 g/mol. The van der Waals surface area contributed by atoms with Crippen LogP contribution in [0, 0.1) is 11.7 Å². The van der Waals surface area contributed by atoms with Gasteiger partial charge in [0.15, 0.2) is 0 Å². The highest BCUT2D eigenvalue weighted by molar-refractivity contribution is 5.89. The average molecular weight is 379 g/mol. The Hall–Kier alpha value is -2.19. The van der Waals surface area contributed by atoms with Gasteiger partial charge in [0, 0.05) is 12.2 Å². The molecule has 1 aliphatic heterocycles. The number of ether oxygens (including phenoxy) is 1. The van der Waals surface area contributed by atoms with Crippen LogP contribution in [0.2, 0.25) is 0 Å². The number of rotatable bonds is 7. The summed E-state index contributed by atoms with van der Waals surface area (Å²) in [5, 5.41) is 17.8. The first kappa shape index (κ1) is 19.6. The molecule has 2 fully saturated rings. The van der Waals surface area contributed by atoms with Crippen molar-refractivity contribution in [3.05, 3.63) is 30.1 Å². The first-order valence-electron chi connectivity index (χ1n) is 9.39. The number of urea groups is 1. The molecule has 1 aromatic carbocycles. The number of amides is 3. The number of halogens is 1. The molecule has 8 heteroatoms. The highest BCUT2D eigenvalue weighted by atomic mass is 19.1. The van der Waals surface area contributed by atoms with Gasteiger partial charge in [0.2, 0.25) is 5.91 Å². The molecule has 0 aromatic heterocycles. The van der Waals surface area contributed by atoms with Crippen LogP contribution >= 0.6 is 0 Å². The lowest BCUT2D eigenvalue weighted by atomic mass is 9.97. The van der Waals surface area contributed by atoms with Crippen molar-refractivity contribution in [1.29, 1.82) is 0 Å². The highest BCUT2D eigenvalue weighted by Gasteiger charge is 2.33. The normalized spacial score (nSPS) is 24.9. The van der Waals surface area contributed by atoms with E-state index in [1.165, 1.54) is 31.0 Å². The predicted molar refractivity (Wildman–Crippen MR) is 97.7 cm³/mol. The molecule has 1 aromatic rings. The quantitative estimate of drug-likeness (QED) is 0.580. The zero-order valence-electron chi connectivity index (χ0n) is 15.1. The van der Waals surface area contributed by atoms with E-state index in [1.54, 1.807) is 6.07 Å².